The number of urea groups is 1. The fraction of sp³-hybridized carbons (Fsp3) is 0.421. The highest BCUT2D eigenvalue weighted by Crippen LogP contribution is 2.36. The third-order valence-electron chi connectivity index (χ3n) is 4.98. The summed E-state index contributed by atoms with van der Waals surface area (Å²) in [6.45, 7) is 3.65. The molecule has 2 aliphatic rings. The Hall–Kier alpha value is -2.43. The van der Waals surface area contributed by atoms with E-state index in [1.807, 2.05) is 35.2 Å². The van der Waals surface area contributed by atoms with Crippen LogP contribution in [0.2, 0.25) is 0 Å². The van der Waals surface area contributed by atoms with Gasteiger partial charge >= 0.3 is 6.03 Å². The number of carbonyl (C=O) groups excluding carboxylic acids is 1. The molecule has 0 aliphatic carbocycles. The van der Waals surface area contributed by atoms with E-state index in [0.717, 1.165) is 48.6 Å². The number of ether oxygens (including phenoxy) is 1. The van der Waals surface area contributed by atoms with Gasteiger partial charge in [0.05, 0.1) is 18.9 Å². The van der Waals surface area contributed by atoms with Crippen molar-refractivity contribution in [2.24, 2.45) is 5.92 Å². The number of furan rings is 1. The monoisotopic (exact) mass is 326 g/mol. The van der Waals surface area contributed by atoms with E-state index in [0.29, 0.717) is 12.5 Å². The van der Waals surface area contributed by atoms with Gasteiger partial charge in [-0.05, 0) is 43.0 Å². The Balaban J connectivity index is 1.56. The van der Waals surface area contributed by atoms with Gasteiger partial charge in [-0.15, -0.1) is 0 Å². The summed E-state index contributed by atoms with van der Waals surface area (Å²) in [6.07, 6.45) is 4.45. The zero-order valence-electron chi connectivity index (χ0n) is 13.8. The quantitative estimate of drug-likeness (QED) is 0.899. The summed E-state index contributed by atoms with van der Waals surface area (Å²) in [7, 11) is 0. The van der Waals surface area contributed by atoms with Crippen molar-refractivity contribution in [1.29, 1.82) is 0 Å². The second-order valence-corrected chi connectivity index (χ2v) is 6.67. The lowest BCUT2D eigenvalue weighted by atomic mass is 9.91. The minimum absolute atomic E-state index is 0.00300. The summed E-state index contributed by atoms with van der Waals surface area (Å²) >= 11 is 0. The summed E-state index contributed by atoms with van der Waals surface area (Å²) in [6, 6.07) is 9.58. The molecule has 2 aromatic rings. The molecule has 1 fully saturated rings. The van der Waals surface area contributed by atoms with Crippen molar-refractivity contribution < 1.29 is 13.9 Å². The number of piperidine rings is 1. The van der Waals surface area contributed by atoms with E-state index in [-0.39, 0.29) is 12.1 Å². The first-order chi connectivity index (χ1) is 11.7. The molecule has 2 unspecified atom stereocenters. The molecule has 0 radical (unpaired) electrons. The predicted octanol–water partition coefficient (Wildman–Crippen LogP) is 4.22. The molecule has 5 nitrogen and oxygen atoms in total. The van der Waals surface area contributed by atoms with Crippen molar-refractivity contribution in [3.05, 3.63) is 47.9 Å². The standard InChI is InChI=1S/C19H22N2O3/c1-13-7-9-21(16(12-13)18-6-3-10-23-18)19(22)20-15-4-2-5-17-14(15)8-11-24-17/h2-6,10,13,16H,7-9,11-12H2,1H3,(H,20,22). The van der Waals surface area contributed by atoms with Gasteiger partial charge in [0.1, 0.15) is 11.5 Å². The van der Waals surface area contributed by atoms with Crippen LogP contribution in [-0.4, -0.2) is 24.1 Å². The van der Waals surface area contributed by atoms with E-state index in [1.165, 1.54) is 0 Å². The highest BCUT2D eigenvalue weighted by Gasteiger charge is 2.33. The van der Waals surface area contributed by atoms with Gasteiger partial charge in [0, 0.05) is 24.2 Å². The first kappa shape index (κ1) is 15.1. The maximum atomic E-state index is 12.9. The van der Waals surface area contributed by atoms with Crippen molar-refractivity contribution in [3.63, 3.8) is 0 Å². The maximum Gasteiger partial charge on any atom is 0.322 e. The maximum absolute atomic E-state index is 12.9. The van der Waals surface area contributed by atoms with E-state index in [1.54, 1.807) is 6.26 Å². The van der Waals surface area contributed by atoms with Crippen LogP contribution in [0.25, 0.3) is 0 Å². The number of nitrogens with zero attached hydrogens (tertiary/aromatic N) is 1. The lowest BCUT2D eigenvalue weighted by molar-refractivity contribution is 0.129. The third-order valence-corrected chi connectivity index (χ3v) is 4.98. The number of hydrogen-bond donors (Lipinski definition) is 1. The van der Waals surface area contributed by atoms with Gasteiger partial charge in [-0.1, -0.05) is 13.0 Å². The van der Waals surface area contributed by atoms with Gasteiger partial charge in [0.25, 0.3) is 0 Å². The molecule has 1 aromatic carbocycles. The van der Waals surface area contributed by atoms with Crippen molar-refractivity contribution in [1.82, 2.24) is 4.90 Å². The van der Waals surface area contributed by atoms with E-state index >= 15 is 0 Å². The van der Waals surface area contributed by atoms with Crippen LogP contribution in [0.1, 0.15) is 37.1 Å². The molecule has 2 aliphatic heterocycles. The lowest BCUT2D eigenvalue weighted by Gasteiger charge is -2.37. The molecular formula is C19H22N2O3. The van der Waals surface area contributed by atoms with Crippen LogP contribution < -0.4 is 10.1 Å². The molecule has 2 atom stereocenters. The molecule has 0 saturated carbocycles. The zero-order chi connectivity index (χ0) is 16.5. The second-order valence-electron chi connectivity index (χ2n) is 6.67. The first-order valence-electron chi connectivity index (χ1n) is 8.58. The Morgan fingerprint density at radius 3 is 3.04 bits per heavy atom. The highest BCUT2D eigenvalue weighted by atomic mass is 16.5. The number of likely N-dealkylation sites (tertiary alicyclic amines) is 1. The van der Waals surface area contributed by atoms with Crippen molar-refractivity contribution in [2.75, 3.05) is 18.5 Å². The number of hydrogen-bond acceptors (Lipinski definition) is 3. The third kappa shape index (κ3) is 2.75. The predicted molar refractivity (Wildman–Crippen MR) is 91.2 cm³/mol. The first-order valence-corrected chi connectivity index (χ1v) is 8.58. The number of carbonyl (C=O) groups is 1. The Morgan fingerprint density at radius 2 is 2.21 bits per heavy atom. The highest BCUT2D eigenvalue weighted by molar-refractivity contribution is 5.91. The fourth-order valence-electron chi connectivity index (χ4n) is 3.66. The molecule has 24 heavy (non-hydrogen) atoms. The lowest BCUT2D eigenvalue weighted by Crippen LogP contribution is -2.43. The number of amides is 2. The second kappa shape index (κ2) is 6.23. The topological polar surface area (TPSA) is 54.7 Å². The van der Waals surface area contributed by atoms with Crippen molar-refractivity contribution >= 4 is 11.7 Å². The van der Waals surface area contributed by atoms with Gasteiger partial charge in [-0.2, -0.15) is 0 Å². The van der Waals surface area contributed by atoms with Crippen LogP contribution in [-0.2, 0) is 6.42 Å². The molecule has 3 heterocycles. The molecule has 1 saturated heterocycles. The number of rotatable bonds is 2. The summed E-state index contributed by atoms with van der Waals surface area (Å²) in [5, 5.41) is 3.08. The minimum atomic E-state index is -0.0661. The number of fused-ring (bicyclic) bond motifs is 1. The molecule has 1 N–H and O–H groups in total. The van der Waals surface area contributed by atoms with E-state index in [4.69, 9.17) is 9.15 Å². The number of nitrogens with one attached hydrogen (secondary N) is 1. The van der Waals surface area contributed by atoms with Crippen molar-refractivity contribution in [2.45, 2.75) is 32.2 Å². The van der Waals surface area contributed by atoms with Crippen LogP contribution in [0, 0.1) is 5.92 Å². The summed E-state index contributed by atoms with van der Waals surface area (Å²) in [5.41, 5.74) is 1.94. The summed E-state index contributed by atoms with van der Waals surface area (Å²) in [4.78, 5) is 14.8. The average Bonchev–Trinajstić information content (AvgIpc) is 3.26. The van der Waals surface area contributed by atoms with Gasteiger partial charge < -0.3 is 19.4 Å². The summed E-state index contributed by atoms with van der Waals surface area (Å²) in [5.74, 6) is 2.32. The van der Waals surface area contributed by atoms with Crippen LogP contribution in [0.5, 0.6) is 5.75 Å². The van der Waals surface area contributed by atoms with Crippen LogP contribution in [0.4, 0.5) is 10.5 Å². The summed E-state index contributed by atoms with van der Waals surface area (Å²) < 4.78 is 11.2. The smallest absolute Gasteiger partial charge is 0.322 e. The Labute approximate surface area is 141 Å². The van der Waals surface area contributed by atoms with Crippen LogP contribution in [0.3, 0.4) is 0 Å². The molecule has 4 rings (SSSR count). The van der Waals surface area contributed by atoms with Gasteiger partial charge in [-0.3, -0.25) is 0 Å². The number of anilines is 1. The fourth-order valence-corrected chi connectivity index (χ4v) is 3.66. The minimum Gasteiger partial charge on any atom is -0.493 e. The molecular weight excluding hydrogens is 304 g/mol. The Kier molecular flexibility index (Phi) is 3.92. The van der Waals surface area contributed by atoms with E-state index in [9.17, 15) is 4.79 Å². The average molecular weight is 326 g/mol. The van der Waals surface area contributed by atoms with Gasteiger partial charge in [0.15, 0.2) is 0 Å². The molecule has 0 spiro atoms. The molecule has 1 aromatic heterocycles. The Bertz CT molecular complexity index is 726. The SMILES string of the molecule is CC1CCN(C(=O)Nc2cccc3c2CCO3)C(c2ccco2)C1. The molecule has 126 valence electrons. The largest absolute Gasteiger partial charge is 0.493 e. The van der Waals surface area contributed by atoms with E-state index in [2.05, 4.69) is 12.2 Å². The molecule has 5 heteroatoms. The van der Waals surface area contributed by atoms with Gasteiger partial charge in [-0.25, -0.2) is 4.79 Å². The van der Waals surface area contributed by atoms with Gasteiger partial charge in [0.2, 0.25) is 0 Å². The van der Waals surface area contributed by atoms with Crippen molar-refractivity contribution in [3.8, 4) is 5.75 Å². The van der Waals surface area contributed by atoms with Crippen LogP contribution >= 0.6 is 0 Å². The molecule has 2 amide bonds. The normalized spacial score (nSPS) is 22.8. The zero-order valence-corrected chi connectivity index (χ0v) is 13.8. The van der Waals surface area contributed by atoms with E-state index < -0.39 is 0 Å². The van der Waals surface area contributed by atoms with Crippen LogP contribution in [0.15, 0.2) is 41.0 Å². The number of benzene rings is 1. The molecule has 0 bridgehead atoms. The Morgan fingerprint density at radius 1 is 1.29 bits per heavy atom.